The highest BCUT2D eigenvalue weighted by molar-refractivity contribution is 5.11. The Hall–Kier alpha value is -1.04. The number of rotatable bonds is 0. The molecule has 0 heterocycles. The minimum absolute atomic E-state index is 1.17. The van der Waals surface area contributed by atoms with Gasteiger partial charge in [-0.15, -0.1) is 6.58 Å². The molecule has 13 heavy (non-hydrogen) atoms. The van der Waals surface area contributed by atoms with Gasteiger partial charge in [0.2, 0.25) is 0 Å². The summed E-state index contributed by atoms with van der Waals surface area (Å²) in [7, 11) is 0. The van der Waals surface area contributed by atoms with E-state index >= 15 is 0 Å². The lowest BCUT2D eigenvalue weighted by Crippen LogP contribution is -1.62. The highest BCUT2D eigenvalue weighted by Crippen LogP contribution is 1.92. The summed E-state index contributed by atoms with van der Waals surface area (Å²) in [6.45, 7) is 13.6. The van der Waals surface area contributed by atoms with Crippen molar-refractivity contribution in [1.29, 1.82) is 0 Å². The Balaban J connectivity index is 0. The highest BCUT2D eigenvalue weighted by Gasteiger charge is 1.72. The van der Waals surface area contributed by atoms with Crippen LogP contribution in [0.2, 0.25) is 0 Å². The molecule has 1 aromatic rings. The molecule has 0 saturated carbocycles. The maximum Gasteiger partial charge on any atom is -0.0398 e. The van der Waals surface area contributed by atoms with Crippen LogP contribution >= 0.6 is 0 Å². The van der Waals surface area contributed by atoms with Crippen molar-refractivity contribution in [3.8, 4) is 0 Å². The Bertz CT molecular complexity index is 193. The van der Waals surface area contributed by atoms with Crippen LogP contribution in [-0.2, 0) is 0 Å². The van der Waals surface area contributed by atoms with Gasteiger partial charge in [0.05, 0.1) is 0 Å². The second-order valence-electron chi connectivity index (χ2n) is 2.86. The lowest BCUT2D eigenvalue weighted by molar-refractivity contribution is 1.42. The third-order valence-corrected chi connectivity index (χ3v) is 0.940. The second kappa shape index (κ2) is 11.0. The first-order valence-corrected chi connectivity index (χ1v) is 4.76. The number of benzene rings is 1. The van der Waals surface area contributed by atoms with E-state index in [2.05, 4.69) is 25.6 Å². The summed E-state index contributed by atoms with van der Waals surface area (Å²) in [5.74, 6) is 0. The van der Waals surface area contributed by atoms with Crippen molar-refractivity contribution < 1.29 is 0 Å². The maximum atomic E-state index is 3.56. The molecular formula is C13H22. The van der Waals surface area contributed by atoms with E-state index in [1.165, 1.54) is 11.1 Å². The summed E-state index contributed by atoms with van der Waals surface area (Å²) < 4.78 is 0. The van der Waals surface area contributed by atoms with Crippen LogP contribution in [0.1, 0.15) is 33.3 Å². The van der Waals surface area contributed by atoms with E-state index in [0.717, 1.165) is 0 Å². The van der Waals surface area contributed by atoms with Crippen LogP contribution in [0.15, 0.2) is 42.5 Å². The molecule has 0 saturated heterocycles. The first-order chi connectivity index (χ1) is 6.13. The number of allylic oxidation sites excluding steroid dienone is 1. The molecule has 0 bridgehead atoms. The molecule has 0 radical (unpaired) electrons. The molecule has 0 unspecified atom stereocenters. The van der Waals surface area contributed by atoms with Crippen LogP contribution in [-0.4, -0.2) is 0 Å². The van der Waals surface area contributed by atoms with Crippen LogP contribution in [0.4, 0.5) is 0 Å². The summed E-state index contributed by atoms with van der Waals surface area (Å²) in [6, 6.07) is 10.3. The average molecular weight is 178 g/mol. The molecule has 0 aliphatic carbocycles. The molecule has 74 valence electrons. The van der Waals surface area contributed by atoms with Crippen molar-refractivity contribution >= 4 is 0 Å². The minimum atomic E-state index is 1.17. The van der Waals surface area contributed by atoms with Crippen molar-refractivity contribution in [1.82, 2.24) is 0 Å². The molecule has 0 aliphatic heterocycles. The van der Waals surface area contributed by atoms with Gasteiger partial charge in [-0.25, -0.2) is 0 Å². The van der Waals surface area contributed by atoms with Crippen molar-refractivity contribution in [2.45, 2.75) is 34.6 Å². The van der Waals surface area contributed by atoms with Crippen LogP contribution in [0.3, 0.4) is 0 Å². The zero-order valence-corrected chi connectivity index (χ0v) is 9.59. The molecule has 0 atom stereocenters. The smallest absolute Gasteiger partial charge is 0.0398 e. The zero-order chi connectivity index (χ0) is 10.7. The van der Waals surface area contributed by atoms with E-state index in [1.807, 2.05) is 45.9 Å². The van der Waals surface area contributed by atoms with Crippen molar-refractivity contribution in [2.75, 3.05) is 0 Å². The standard InChI is InChI=1S/C7H8.C4H8.C2H6/c1-7-5-3-2-4-6-7;1-4(2)3;1-2/h2-6H,1H3;1H2,2-3H3;1-2H3. The van der Waals surface area contributed by atoms with Gasteiger partial charge in [0, 0.05) is 0 Å². The molecule has 0 spiro atoms. The fourth-order valence-corrected chi connectivity index (χ4v) is 0.534. The van der Waals surface area contributed by atoms with Gasteiger partial charge in [0.15, 0.2) is 0 Å². The SMILES string of the molecule is C=C(C)C.CC.Cc1ccccc1. The van der Waals surface area contributed by atoms with Crippen molar-refractivity contribution in [2.24, 2.45) is 0 Å². The lowest BCUT2D eigenvalue weighted by atomic mass is 10.2. The van der Waals surface area contributed by atoms with Crippen LogP contribution in [0.25, 0.3) is 0 Å². The largest absolute Gasteiger partial charge is 0.100 e. The van der Waals surface area contributed by atoms with Crippen molar-refractivity contribution in [3.63, 3.8) is 0 Å². The van der Waals surface area contributed by atoms with E-state index in [1.54, 1.807) is 0 Å². The third-order valence-electron chi connectivity index (χ3n) is 0.940. The summed E-state index contributed by atoms with van der Waals surface area (Å²) in [6.07, 6.45) is 0. The van der Waals surface area contributed by atoms with Crippen LogP contribution < -0.4 is 0 Å². The van der Waals surface area contributed by atoms with Gasteiger partial charge in [0.1, 0.15) is 0 Å². The first kappa shape index (κ1) is 14.5. The van der Waals surface area contributed by atoms with E-state index in [9.17, 15) is 0 Å². The van der Waals surface area contributed by atoms with Gasteiger partial charge in [0.25, 0.3) is 0 Å². The maximum absolute atomic E-state index is 3.56. The van der Waals surface area contributed by atoms with E-state index in [0.29, 0.717) is 0 Å². The Morgan fingerprint density at radius 1 is 1.00 bits per heavy atom. The van der Waals surface area contributed by atoms with E-state index in [-0.39, 0.29) is 0 Å². The summed E-state index contributed by atoms with van der Waals surface area (Å²) in [4.78, 5) is 0. The van der Waals surface area contributed by atoms with Gasteiger partial charge >= 0.3 is 0 Å². The molecule has 0 fully saturated rings. The predicted molar refractivity (Wildman–Crippen MR) is 63.0 cm³/mol. The van der Waals surface area contributed by atoms with Gasteiger partial charge in [-0.1, -0.05) is 55.3 Å². The molecule has 1 aromatic carbocycles. The average Bonchev–Trinajstić information content (AvgIpc) is 2.08. The molecular weight excluding hydrogens is 156 g/mol. The van der Waals surface area contributed by atoms with Gasteiger partial charge < -0.3 is 0 Å². The van der Waals surface area contributed by atoms with Gasteiger partial charge in [-0.2, -0.15) is 0 Å². The normalized spacial score (nSPS) is 7.15. The van der Waals surface area contributed by atoms with Crippen LogP contribution in [0, 0.1) is 6.92 Å². The minimum Gasteiger partial charge on any atom is -0.100 e. The lowest BCUT2D eigenvalue weighted by Gasteiger charge is -1.82. The molecule has 0 heteroatoms. The van der Waals surface area contributed by atoms with Crippen LogP contribution in [0.5, 0.6) is 0 Å². The first-order valence-electron chi connectivity index (χ1n) is 4.76. The monoisotopic (exact) mass is 178 g/mol. The fourth-order valence-electron chi connectivity index (χ4n) is 0.534. The predicted octanol–water partition coefficient (Wildman–Crippen LogP) is 4.60. The van der Waals surface area contributed by atoms with Gasteiger partial charge in [-0.05, 0) is 20.8 Å². The Kier molecular flexibility index (Phi) is 12.2. The molecule has 0 aliphatic rings. The van der Waals surface area contributed by atoms with Crippen molar-refractivity contribution in [3.05, 3.63) is 48.0 Å². The second-order valence-corrected chi connectivity index (χ2v) is 2.86. The Morgan fingerprint density at radius 2 is 1.31 bits per heavy atom. The summed E-state index contributed by atoms with van der Waals surface area (Å²) >= 11 is 0. The Morgan fingerprint density at radius 3 is 1.46 bits per heavy atom. The molecule has 0 nitrogen and oxygen atoms in total. The molecule has 0 aromatic heterocycles. The zero-order valence-electron chi connectivity index (χ0n) is 9.59. The van der Waals surface area contributed by atoms with Gasteiger partial charge in [-0.3, -0.25) is 0 Å². The van der Waals surface area contributed by atoms with E-state index in [4.69, 9.17) is 0 Å². The highest BCUT2D eigenvalue weighted by atomic mass is 13.8. The fraction of sp³-hybridized carbons (Fsp3) is 0.385. The number of hydrogen-bond donors (Lipinski definition) is 0. The quantitative estimate of drug-likeness (QED) is 0.509. The molecule has 0 amide bonds. The topological polar surface area (TPSA) is 0 Å². The third kappa shape index (κ3) is 18.2. The Labute approximate surface area is 83.3 Å². The number of aryl methyl sites for hydroxylation is 1. The summed E-state index contributed by atoms with van der Waals surface area (Å²) in [5.41, 5.74) is 2.49. The number of hydrogen-bond acceptors (Lipinski definition) is 0. The molecule has 0 N–H and O–H groups in total. The van der Waals surface area contributed by atoms with E-state index < -0.39 is 0 Å². The summed E-state index contributed by atoms with van der Waals surface area (Å²) in [5, 5.41) is 0. The molecule has 1 rings (SSSR count).